The summed E-state index contributed by atoms with van der Waals surface area (Å²) < 4.78 is 5.23. The molecule has 156 valence electrons. The van der Waals surface area contributed by atoms with Crippen LogP contribution in [-0.2, 0) is 16.0 Å². The smallest absolute Gasteiger partial charge is 0.412 e. The molecule has 0 saturated carbocycles. The van der Waals surface area contributed by atoms with E-state index in [9.17, 15) is 9.59 Å². The third-order valence-corrected chi connectivity index (χ3v) is 3.88. The van der Waals surface area contributed by atoms with Gasteiger partial charge < -0.3 is 15.8 Å². The maximum absolute atomic E-state index is 12.3. The first-order valence-corrected chi connectivity index (χ1v) is 9.48. The van der Waals surface area contributed by atoms with Gasteiger partial charge in [0.1, 0.15) is 5.60 Å². The van der Waals surface area contributed by atoms with Crippen LogP contribution in [-0.4, -0.2) is 23.5 Å². The monoisotopic (exact) mass is 406 g/mol. The van der Waals surface area contributed by atoms with Crippen LogP contribution in [0.25, 0.3) is 0 Å². The Kier molecular flexibility index (Phi) is 7.73. The van der Waals surface area contributed by atoms with Crippen molar-refractivity contribution in [3.05, 3.63) is 71.9 Å². The van der Waals surface area contributed by atoms with Crippen molar-refractivity contribution in [2.45, 2.75) is 38.8 Å². The van der Waals surface area contributed by atoms with E-state index in [1.807, 2.05) is 6.07 Å². The highest BCUT2D eigenvalue weighted by atomic mass is 16.6. The SMILES string of the molecule is CC(C)(C)OC(=O)Nc1cccc(CC(N)C(=O)/C=C\Nc2cccc(C#N)c2)c1. The Labute approximate surface area is 176 Å². The summed E-state index contributed by atoms with van der Waals surface area (Å²) >= 11 is 0. The van der Waals surface area contributed by atoms with Crippen molar-refractivity contribution in [3.8, 4) is 6.07 Å². The average Bonchev–Trinajstić information content (AvgIpc) is 2.66. The first-order valence-electron chi connectivity index (χ1n) is 9.48. The number of carbonyl (C=O) groups is 2. The minimum Gasteiger partial charge on any atom is -0.444 e. The standard InChI is InChI=1S/C23H26N4O3/c1-23(2,3)30-22(29)27-19-9-4-6-16(12-19)14-20(25)21(28)10-11-26-18-8-5-7-17(13-18)15-24/h4-13,20,26H,14,25H2,1-3H3,(H,27,29)/b11-10-. The zero-order valence-corrected chi connectivity index (χ0v) is 17.3. The van der Waals surface area contributed by atoms with E-state index >= 15 is 0 Å². The van der Waals surface area contributed by atoms with E-state index in [0.717, 1.165) is 5.56 Å². The molecule has 30 heavy (non-hydrogen) atoms. The topological polar surface area (TPSA) is 117 Å². The molecule has 0 radical (unpaired) electrons. The van der Waals surface area contributed by atoms with Crippen LogP contribution in [0.3, 0.4) is 0 Å². The van der Waals surface area contributed by atoms with Gasteiger partial charge in [0.2, 0.25) is 0 Å². The number of benzene rings is 2. The van der Waals surface area contributed by atoms with Crippen LogP contribution in [0.1, 0.15) is 31.9 Å². The molecule has 0 heterocycles. The van der Waals surface area contributed by atoms with Gasteiger partial charge in [0.15, 0.2) is 5.78 Å². The highest BCUT2D eigenvalue weighted by molar-refractivity contribution is 5.94. The van der Waals surface area contributed by atoms with Gasteiger partial charge in [-0.05, 0) is 69.2 Å². The van der Waals surface area contributed by atoms with E-state index in [1.165, 1.54) is 12.3 Å². The van der Waals surface area contributed by atoms with E-state index in [2.05, 4.69) is 16.7 Å². The first-order chi connectivity index (χ1) is 14.2. The number of rotatable bonds is 7. The number of ketones is 1. The van der Waals surface area contributed by atoms with Crippen molar-refractivity contribution in [1.82, 2.24) is 0 Å². The second kappa shape index (κ2) is 10.2. The minimum absolute atomic E-state index is 0.246. The second-order valence-electron chi connectivity index (χ2n) is 7.71. The van der Waals surface area contributed by atoms with Gasteiger partial charge in [0.05, 0.1) is 17.7 Å². The maximum atomic E-state index is 12.3. The predicted molar refractivity (Wildman–Crippen MR) is 117 cm³/mol. The van der Waals surface area contributed by atoms with Crippen molar-refractivity contribution >= 4 is 23.3 Å². The van der Waals surface area contributed by atoms with Crippen molar-refractivity contribution < 1.29 is 14.3 Å². The highest BCUT2D eigenvalue weighted by Gasteiger charge is 2.17. The van der Waals surface area contributed by atoms with Crippen LogP contribution in [0, 0.1) is 11.3 Å². The van der Waals surface area contributed by atoms with Gasteiger partial charge in [-0.25, -0.2) is 4.79 Å². The quantitative estimate of drug-likeness (QED) is 0.599. The van der Waals surface area contributed by atoms with Gasteiger partial charge in [-0.1, -0.05) is 18.2 Å². The molecule has 0 saturated heterocycles. The average molecular weight is 406 g/mol. The second-order valence-corrected chi connectivity index (χ2v) is 7.71. The molecule has 0 aromatic heterocycles. The molecule has 2 aromatic carbocycles. The summed E-state index contributed by atoms with van der Waals surface area (Å²) in [5.74, 6) is -0.246. The third-order valence-electron chi connectivity index (χ3n) is 3.88. The molecular formula is C23H26N4O3. The third kappa shape index (κ3) is 7.78. The van der Waals surface area contributed by atoms with E-state index in [-0.39, 0.29) is 5.78 Å². The number of nitriles is 1. The summed E-state index contributed by atoms with van der Waals surface area (Å²) in [5, 5.41) is 14.5. The Hall–Kier alpha value is -3.63. The fourth-order valence-corrected chi connectivity index (χ4v) is 2.57. The summed E-state index contributed by atoms with van der Waals surface area (Å²) in [5.41, 5.74) is 8.04. The molecule has 0 aliphatic carbocycles. The normalized spacial score (nSPS) is 12.1. The number of nitrogens with zero attached hydrogens (tertiary/aromatic N) is 1. The number of ether oxygens (including phenoxy) is 1. The summed E-state index contributed by atoms with van der Waals surface area (Å²) in [7, 11) is 0. The first kappa shape index (κ1) is 22.7. The lowest BCUT2D eigenvalue weighted by Gasteiger charge is -2.19. The Balaban J connectivity index is 1.91. The van der Waals surface area contributed by atoms with Crippen LogP contribution in [0.15, 0.2) is 60.8 Å². The zero-order chi connectivity index (χ0) is 22.1. The van der Waals surface area contributed by atoms with E-state index in [1.54, 1.807) is 63.2 Å². The number of hydrogen-bond acceptors (Lipinski definition) is 6. The molecule has 7 heteroatoms. The summed E-state index contributed by atoms with van der Waals surface area (Å²) in [6.07, 6.45) is 2.64. The largest absolute Gasteiger partial charge is 0.444 e. The molecule has 1 unspecified atom stereocenters. The molecule has 0 spiro atoms. The molecule has 4 N–H and O–H groups in total. The van der Waals surface area contributed by atoms with Crippen LogP contribution in [0.5, 0.6) is 0 Å². The molecule has 7 nitrogen and oxygen atoms in total. The van der Waals surface area contributed by atoms with Crippen LogP contribution in [0.4, 0.5) is 16.2 Å². The lowest BCUT2D eigenvalue weighted by Crippen LogP contribution is -2.31. The number of nitrogens with one attached hydrogen (secondary N) is 2. The Morgan fingerprint density at radius 2 is 1.87 bits per heavy atom. The van der Waals surface area contributed by atoms with Gasteiger partial charge in [0.25, 0.3) is 0 Å². The van der Waals surface area contributed by atoms with Crippen LogP contribution < -0.4 is 16.4 Å². The molecule has 1 amide bonds. The Morgan fingerprint density at radius 1 is 1.17 bits per heavy atom. The van der Waals surface area contributed by atoms with Crippen molar-refractivity contribution in [3.63, 3.8) is 0 Å². The van der Waals surface area contributed by atoms with Crippen molar-refractivity contribution in [2.24, 2.45) is 5.73 Å². The molecule has 0 aliphatic heterocycles. The minimum atomic E-state index is -0.731. The Bertz CT molecular complexity index is 971. The maximum Gasteiger partial charge on any atom is 0.412 e. The Morgan fingerprint density at radius 3 is 2.57 bits per heavy atom. The van der Waals surface area contributed by atoms with Crippen LogP contribution in [0.2, 0.25) is 0 Å². The van der Waals surface area contributed by atoms with Crippen molar-refractivity contribution in [2.75, 3.05) is 10.6 Å². The lowest BCUT2D eigenvalue weighted by atomic mass is 10.0. The van der Waals surface area contributed by atoms with Gasteiger partial charge in [-0.3, -0.25) is 10.1 Å². The van der Waals surface area contributed by atoms with Crippen LogP contribution >= 0.6 is 0 Å². The van der Waals surface area contributed by atoms with Gasteiger partial charge in [-0.2, -0.15) is 5.26 Å². The fraction of sp³-hybridized carbons (Fsp3) is 0.261. The predicted octanol–water partition coefficient (Wildman–Crippen LogP) is 3.97. The summed E-state index contributed by atoms with van der Waals surface area (Å²) in [6, 6.07) is 15.3. The van der Waals surface area contributed by atoms with Gasteiger partial charge >= 0.3 is 6.09 Å². The molecule has 1 atom stereocenters. The number of carbonyl (C=O) groups excluding carboxylic acids is 2. The number of amides is 1. The molecule has 0 fully saturated rings. The number of nitrogens with two attached hydrogens (primary N) is 1. The van der Waals surface area contributed by atoms with Gasteiger partial charge in [-0.15, -0.1) is 0 Å². The number of anilines is 2. The fourth-order valence-electron chi connectivity index (χ4n) is 2.57. The highest BCUT2D eigenvalue weighted by Crippen LogP contribution is 2.15. The molecule has 2 rings (SSSR count). The summed E-state index contributed by atoms with van der Waals surface area (Å²) in [6.45, 7) is 5.36. The van der Waals surface area contributed by atoms with E-state index in [0.29, 0.717) is 23.4 Å². The molecule has 0 bridgehead atoms. The number of hydrogen-bond donors (Lipinski definition) is 3. The summed E-state index contributed by atoms with van der Waals surface area (Å²) in [4.78, 5) is 24.2. The zero-order valence-electron chi connectivity index (χ0n) is 17.3. The van der Waals surface area contributed by atoms with E-state index in [4.69, 9.17) is 15.7 Å². The molecule has 0 aliphatic rings. The van der Waals surface area contributed by atoms with Crippen molar-refractivity contribution in [1.29, 1.82) is 5.26 Å². The molecular weight excluding hydrogens is 380 g/mol. The lowest BCUT2D eigenvalue weighted by molar-refractivity contribution is -0.115. The van der Waals surface area contributed by atoms with E-state index < -0.39 is 17.7 Å². The van der Waals surface area contributed by atoms with Gasteiger partial charge in [0, 0.05) is 17.6 Å². The molecule has 2 aromatic rings.